The molecule has 9 heteroatoms. The number of amides is 2. The number of nitro groups is 1. The maximum absolute atomic E-state index is 12.8. The molecule has 0 aliphatic heterocycles. The van der Waals surface area contributed by atoms with E-state index in [4.69, 9.17) is 0 Å². The van der Waals surface area contributed by atoms with Gasteiger partial charge < -0.3 is 16.0 Å². The average molecular weight is 467 g/mol. The Labute approximate surface area is 201 Å². The summed E-state index contributed by atoms with van der Waals surface area (Å²) in [6.45, 7) is 0.267. The van der Waals surface area contributed by atoms with E-state index in [0.717, 1.165) is 5.69 Å². The summed E-state index contributed by atoms with van der Waals surface area (Å²) in [5.74, 6) is -0.857. The van der Waals surface area contributed by atoms with Gasteiger partial charge in [-0.3, -0.25) is 24.7 Å². The van der Waals surface area contributed by atoms with Gasteiger partial charge in [-0.25, -0.2) is 0 Å². The molecule has 0 aliphatic rings. The summed E-state index contributed by atoms with van der Waals surface area (Å²) in [6, 6.07) is 25.1. The number of rotatable bonds is 8. The fourth-order valence-corrected chi connectivity index (χ4v) is 3.32. The summed E-state index contributed by atoms with van der Waals surface area (Å²) in [5.41, 5.74) is 2.29. The molecule has 0 unspecified atom stereocenters. The summed E-state index contributed by atoms with van der Waals surface area (Å²) in [5, 5.41) is 20.1. The SMILES string of the molecule is O=C(NCc1ccccn1)c1cccc(NC(=O)c2ccc(Nc3ccccc3)c([N+](=O)[O-])c2)c1. The highest BCUT2D eigenvalue weighted by atomic mass is 16.6. The van der Waals surface area contributed by atoms with Gasteiger partial charge in [0, 0.05) is 34.8 Å². The Morgan fingerprint density at radius 3 is 2.29 bits per heavy atom. The van der Waals surface area contributed by atoms with Crippen LogP contribution < -0.4 is 16.0 Å². The van der Waals surface area contributed by atoms with Crippen LogP contribution in [0.2, 0.25) is 0 Å². The number of carbonyl (C=O) groups excluding carboxylic acids is 2. The van der Waals surface area contributed by atoms with E-state index in [1.807, 2.05) is 24.3 Å². The van der Waals surface area contributed by atoms with E-state index < -0.39 is 10.8 Å². The first-order valence-electron chi connectivity index (χ1n) is 10.7. The number of para-hydroxylation sites is 1. The highest BCUT2D eigenvalue weighted by Crippen LogP contribution is 2.29. The molecule has 1 heterocycles. The maximum Gasteiger partial charge on any atom is 0.293 e. The Morgan fingerprint density at radius 1 is 0.800 bits per heavy atom. The normalized spacial score (nSPS) is 10.3. The zero-order valence-electron chi connectivity index (χ0n) is 18.5. The van der Waals surface area contributed by atoms with Crippen molar-refractivity contribution in [2.24, 2.45) is 0 Å². The number of aromatic nitrogens is 1. The Kier molecular flexibility index (Phi) is 7.08. The van der Waals surface area contributed by atoms with Crippen LogP contribution in [0.3, 0.4) is 0 Å². The molecule has 4 aromatic rings. The van der Waals surface area contributed by atoms with Gasteiger partial charge in [0.05, 0.1) is 17.2 Å². The number of nitrogens with one attached hydrogen (secondary N) is 3. The fourth-order valence-electron chi connectivity index (χ4n) is 3.32. The molecule has 0 saturated heterocycles. The Bertz CT molecular complexity index is 1360. The molecular weight excluding hydrogens is 446 g/mol. The molecule has 0 aliphatic carbocycles. The summed E-state index contributed by atoms with van der Waals surface area (Å²) < 4.78 is 0. The van der Waals surface area contributed by atoms with Crippen LogP contribution in [0.4, 0.5) is 22.7 Å². The molecule has 0 atom stereocenters. The highest BCUT2D eigenvalue weighted by Gasteiger charge is 2.18. The monoisotopic (exact) mass is 467 g/mol. The summed E-state index contributed by atoms with van der Waals surface area (Å²) in [6.07, 6.45) is 1.65. The van der Waals surface area contributed by atoms with Crippen molar-refractivity contribution in [3.63, 3.8) is 0 Å². The van der Waals surface area contributed by atoms with Crippen LogP contribution in [0.15, 0.2) is 97.2 Å². The predicted octanol–water partition coefficient (Wildman–Crippen LogP) is 4.92. The minimum absolute atomic E-state index is 0.111. The zero-order chi connectivity index (χ0) is 24.6. The van der Waals surface area contributed by atoms with E-state index in [1.54, 1.807) is 48.7 Å². The maximum atomic E-state index is 12.8. The second-order valence-corrected chi connectivity index (χ2v) is 7.52. The number of anilines is 3. The standard InChI is InChI=1S/C26H21N5O4/c32-25(28-17-22-10-4-5-14-27-22)18-7-6-11-21(15-18)30-26(33)19-12-13-23(24(16-19)31(34)35)29-20-8-2-1-3-9-20/h1-16,29H,17H2,(H,28,32)(H,30,33). The smallest absolute Gasteiger partial charge is 0.293 e. The van der Waals surface area contributed by atoms with Crippen LogP contribution in [-0.4, -0.2) is 21.7 Å². The Balaban J connectivity index is 1.46. The lowest BCUT2D eigenvalue weighted by molar-refractivity contribution is -0.383. The average Bonchev–Trinajstić information content (AvgIpc) is 2.88. The highest BCUT2D eigenvalue weighted by molar-refractivity contribution is 6.06. The molecule has 9 nitrogen and oxygen atoms in total. The molecule has 1 aromatic heterocycles. The Morgan fingerprint density at radius 2 is 1.54 bits per heavy atom. The number of hydrogen-bond acceptors (Lipinski definition) is 6. The second kappa shape index (κ2) is 10.7. The number of nitrogens with zero attached hydrogens (tertiary/aromatic N) is 2. The molecule has 174 valence electrons. The summed E-state index contributed by atoms with van der Waals surface area (Å²) >= 11 is 0. The molecule has 3 aromatic carbocycles. The van der Waals surface area contributed by atoms with Crippen molar-refractivity contribution in [2.45, 2.75) is 6.54 Å². The van der Waals surface area contributed by atoms with Gasteiger partial charge in [0.25, 0.3) is 17.5 Å². The van der Waals surface area contributed by atoms with Gasteiger partial charge in [-0.05, 0) is 54.6 Å². The lowest BCUT2D eigenvalue weighted by Gasteiger charge is -2.10. The van der Waals surface area contributed by atoms with Gasteiger partial charge in [-0.15, -0.1) is 0 Å². The third-order valence-electron chi connectivity index (χ3n) is 5.05. The van der Waals surface area contributed by atoms with Crippen LogP contribution in [0.25, 0.3) is 0 Å². The largest absolute Gasteiger partial charge is 0.350 e. The molecule has 3 N–H and O–H groups in total. The third kappa shape index (κ3) is 6.05. The second-order valence-electron chi connectivity index (χ2n) is 7.52. The van der Waals surface area contributed by atoms with E-state index in [2.05, 4.69) is 20.9 Å². The molecule has 35 heavy (non-hydrogen) atoms. The first-order valence-corrected chi connectivity index (χ1v) is 10.7. The molecule has 0 fully saturated rings. The van der Waals surface area contributed by atoms with Crippen molar-refractivity contribution in [1.29, 1.82) is 0 Å². The van der Waals surface area contributed by atoms with Crippen molar-refractivity contribution in [2.75, 3.05) is 10.6 Å². The first-order chi connectivity index (χ1) is 17.0. The molecule has 0 saturated carbocycles. The lowest BCUT2D eigenvalue weighted by atomic mass is 10.1. The van der Waals surface area contributed by atoms with Gasteiger partial charge in [-0.2, -0.15) is 0 Å². The number of nitro benzene ring substituents is 1. The molecule has 0 spiro atoms. The number of pyridine rings is 1. The molecule has 4 rings (SSSR count). The quantitative estimate of drug-likeness (QED) is 0.250. The van der Waals surface area contributed by atoms with E-state index in [9.17, 15) is 19.7 Å². The first kappa shape index (κ1) is 23.1. The number of benzene rings is 3. The zero-order valence-corrected chi connectivity index (χ0v) is 18.5. The van der Waals surface area contributed by atoms with Gasteiger partial charge >= 0.3 is 0 Å². The van der Waals surface area contributed by atoms with Gasteiger partial charge in [0.1, 0.15) is 5.69 Å². The van der Waals surface area contributed by atoms with Gasteiger partial charge in [0.15, 0.2) is 0 Å². The van der Waals surface area contributed by atoms with Crippen molar-refractivity contribution in [3.05, 3.63) is 124 Å². The van der Waals surface area contributed by atoms with Crippen molar-refractivity contribution >= 4 is 34.6 Å². The van der Waals surface area contributed by atoms with E-state index in [-0.39, 0.29) is 29.4 Å². The molecule has 2 amide bonds. The summed E-state index contributed by atoms with van der Waals surface area (Å²) in [4.78, 5) is 40.5. The van der Waals surface area contributed by atoms with Crippen molar-refractivity contribution < 1.29 is 14.5 Å². The predicted molar refractivity (Wildman–Crippen MR) is 133 cm³/mol. The topological polar surface area (TPSA) is 126 Å². The molecular formula is C26H21N5O4. The molecule has 0 bridgehead atoms. The molecule has 0 radical (unpaired) electrons. The van der Waals surface area contributed by atoms with Crippen LogP contribution in [0.5, 0.6) is 0 Å². The van der Waals surface area contributed by atoms with Crippen LogP contribution in [-0.2, 0) is 6.54 Å². The summed E-state index contributed by atoms with van der Waals surface area (Å²) in [7, 11) is 0. The van der Waals surface area contributed by atoms with E-state index >= 15 is 0 Å². The van der Waals surface area contributed by atoms with Crippen LogP contribution in [0, 0.1) is 10.1 Å². The van der Waals surface area contributed by atoms with Gasteiger partial charge in [0.2, 0.25) is 0 Å². The fraction of sp³-hybridized carbons (Fsp3) is 0.0385. The minimum atomic E-state index is -0.547. The lowest BCUT2D eigenvalue weighted by Crippen LogP contribution is -2.23. The van der Waals surface area contributed by atoms with Crippen LogP contribution >= 0.6 is 0 Å². The van der Waals surface area contributed by atoms with Crippen molar-refractivity contribution in [1.82, 2.24) is 10.3 Å². The van der Waals surface area contributed by atoms with Crippen molar-refractivity contribution in [3.8, 4) is 0 Å². The number of carbonyl (C=O) groups is 2. The van der Waals surface area contributed by atoms with Gasteiger partial charge in [-0.1, -0.05) is 30.3 Å². The van der Waals surface area contributed by atoms with E-state index in [1.165, 1.54) is 24.3 Å². The third-order valence-corrected chi connectivity index (χ3v) is 5.05. The minimum Gasteiger partial charge on any atom is -0.350 e. The van der Waals surface area contributed by atoms with Crippen LogP contribution in [0.1, 0.15) is 26.4 Å². The van der Waals surface area contributed by atoms with E-state index in [0.29, 0.717) is 16.9 Å². The Hall–Kier alpha value is -5.05. The number of hydrogen-bond donors (Lipinski definition) is 3.